The topological polar surface area (TPSA) is 96.4 Å². The summed E-state index contributed by atoms with van der Waals surface area (Å²) in [7, 11) is 0. The highest BCUT2D eigenvalue weighted by atomic mass is 16.6. The lowest BCUT2D eigenvalue weighted by Gasteiger charge is -2.35. The van der Waals surface area contributed by atoms with Gasteiger partial charge in [-0.2, -0.15) is 0 Å². The first-order valence-electron chi connectivity index (χ1n) is 12.4. The molecule has 5 atom stereocenters. The Hall–Kier alpha value is -2.97. The van der Waals surface area contributed by atoms with Gasteiger partial charge in [0.2, 0.25) is 5.91 Å². The molecular formula is C27H32N2O6. The van der Waals surface area contributed by atoms with Gasteiger partial charge in [0.15, 0.2) is 0 Å². The van der Waals surface area contributed by atoms with Crippen molar-refractivity contribution in [2.24, 2.45) is 11.8 Å². The van der Waals surface area contributed by atoms with Crippen molar-refractivity contribution in [2.75, 3.05) is 31.2 Å². The first kappa shape index (κ1) is 23.8. The zero-order chi connectivity index (χ0) is 24.7. The molecule has 1 aromatic rings. The number of carbonyl (C=O) groups is 3. The molecule has 1 N–H and O–H groups in total. The van der Waals surface area contributed by atoms with Crippen LogP contribution in [-0.4, -0.2) is 71.8 Å². The van der Waals surface area contributed by atoms with Gasteiger partial charge < -0.3 is 24.4 Å². The average molecular weight is 481 g/mol. The summed E-state index contributed by atoms with van der Waals surface area (Å²) in [6, 6.07) is 5.06. The van der Waals surface area contributed by atoms with E-state index in [1.807, 2.05) is 56.4 Å². The first-order valence-corrected chi connectivity index (χ1v) is 12.4. The van der Waals surface area contributed by atoms with Crippen LogP contribution in [0.5, 0.6) is 0 Å². The van der Waals surface area contributed by atoms with Gasteiger partial charge in [-0.05, 0) is 50.3 Å². The van der Waals surface area contributed by atoms with Crippen molar-refractivity contribution < 1.29 is 29.0 Å². The highest BCUT2D eigenvalue weighted by Gasteiger charge is 2.71. The Morgan fingerprint density at radius 2 is 1.94 bits per heavy atom. The largest absolute Gasteiger partial charge is 0.465 e. The first-order chi connectivity index (χ1) is 16.9. The van der Waals surface area contributed by atoms with Gasteiger partial charge in [0.25, 0.3) is 5.91 Å². The Kier molecular flexibility index (Phi) is 6.27. The number of anilines is 1. The number of benzene rings is 1. The van der Waals surface area contributed by atoms with Gasteiger partial charge in [0.1, 0.15) is 17.6 Å². The number of hydrogen-bond acceptors (Lipinski definition) is 6. The highest BCUT2D eigenvalue weighted by Crippen LogP contribution is 2.53. The third-order valence-corrected chi connectivity index (χ3v) is 7.58. The molecule has 4 aliphatic heterocycles. The summed E-state index contributed by atoms with van der Waals surface area (Å²) in [6.07, 6.45) is 8.46. The van der Waals surface area contributed by atoms with Crippen molar-refractivity contribution in [3.05, 3.63) is 53.6 Å². The fourth-order valence-electron chi connectivity index (χ4n) is 5.97. The Labute approximate surface area is 205 Å². The minimum Gasteiger partial charge on any atom is -0.465 e. The maximum atomic E-state index is 14.3. The Morgan fingerprint density at radius 1 is 1.11 bits per heavy atom. The molecule has 2 fully saturated rings. The molecule has 4 aliphatic rings. The molecule has 0 bridgehead atoms. The van der Waals surface area contributed by atoms with Crippen molar-refractivity contribution in [3.63, 3.8) is 0 Å². The Morgan fingerprint density at radius 3 is 2.74 bits per heavy atom. The summed E-state index contributed by atoms with van der Waals surface area (Å²) >= 11 is 0. The normalized spacial score (nSPS) is 32.0. The molecule has 8 heteroatoms. The van der Waals surface area contributed by atoms with Crippen molar-refractivity contribution in [3.8, 4) is 0 Å². The minimum absolute atomic E-state index is 0.00203. The number of esters is 1. The molecule has 4 heterocycles. The van der Waals surface area contributed by atoms with Crippen molar-refractivity contribution in [1.29, 1.82) is 0 Å². The maximum absolute atomic E-state index is 14.3. The number of unbranched alkanes of at least 4 members (excludes halogenated alkanes) is 1. The summed E-state index contributed by atoms with van der Waals surface area (Å²) in [5.41, 5.74) is 1.53. The summed E-state index contributed by atoms with van der Waals surface area (Å²) in [5, 5.41) is 9.31. The van der Waals surface area contributed by atoms with Crippen LogP contribution in [0.15, 0.2) is 42.5 Å². The lowest BCUT2D eigenvalue weighted by atomic mass is 9.77. The molecule has 0 aromatic heterocycles. The predicted molar refractivity (Wildman–Crippen MR) is 129 cm³/mol. The molecule has 0 saturated carbocycles. The molecule has 2 saturated heterocycles. The number of nitrogens with zero attached hydrogens (tertiary/aromatic N) is 2. The number of rotatable bonds is 5. The molecule has 186 valence electrons. The van der Waals surface area contributed by atoms with E-state index < -0.39 is 35.6 Å². The number of hydrogen-bond donors (Lipinski definition) is 1. The number of ether oxygens (including phenoxy) is 2. The number of fused-ring (bicyclic) bond motifs is 2. The van der Waals surface area contributed by atoms with Gasteiger partial charge in [-0.15, -0.1) is 0 Å². The predicted octanol–water partition coefficient (Wildman–Crippen LogP) is 2.06. The molecule has 8 nitrogen and oxygen atoms in total. The number of carbonyl (C=O) groups excluding carboxylic acids is 3. The van der Waals surface area contributed by atoms with E-state index in [1.165, 1.54) is 0 Å². The van der Waals surface area contributed by atoms with Crippen LogP contribution >= 0.6 is 0 Å². The third kappa shape index (κ3) is 3.79. The van der Waals surface area contributed by atoms with Gasteiger partial charge in [-0.1, -0.05) is 36.4 Å². The molecule has 1 spiro atoms. The van der Waals surface area contributed by atoms with Crippen LogP contribution in [0, 0.1) is 25.7 Å². The fraction of sp³-hybridized carbons (Fsp3) is 0.519. The quantitative estimate of drug-likeness (QED) is 0.394. The number of likely N-dealkylation sites (tertiary alicyclic amines) is 1. The smallest absolute Gasteiger partial charge is 0.312 e. The molecule has 0 radical (unpaired) electrons. The van der Waals surface area contributed by atoms with Gasteiger partial charge in [-0.25, -0.2) is 0 Å². The van der Waals surface area contributed by atoms with E-state index in [4.69, 9.17) is 9.47 Å². The van der Waals surface area contributed by atoms with Crippen molar-refractivity contribution >= 4 is 23.5 Å². The molecule has 35 heavy (non-hydrogen) atoms. The van der Waals surface area contributed by atoms with Gasteiger partial charge in [0, 0.05) is 25.4 Å². The number of aliphatic hydroxyl groups excluding tert-OH is 1. The van der Waals surface area contributed by atoms with Crippen LogP contribution in [0.1, 0.15) is 30.4 Å². The van der Waals surface area contributed by atoms with Crippen LogP contribution in [0.3, 0.4) is 0 Å². The standard InChI is InChI=1S/C27H32N2O6/c1-17-9-10-18(2)19(16-17)28-13-7-11-27-22(21-20(35-27)8-3-6-15-34-26(21)33)24(31)29(12-4-5-14-30)23(27)25(28)32/h3,7-11,16,20-23,30H,4-6,12-15H2,1-2H3/t20-,21+,22+,23?,27+/m1/s1. The number of amides is 2. The number of cyclic esters (lactones) is 1. The van der Waals surface area contributed by atoms with E-state index in [1.54, 1.807) is 9.80 Å². The van der Waals surface area contributed by atoms with E-state index in [0.29, 0.717) is 32.4 Å². The zero-order valence-electron chi connectivity index (χ0n) is 20.2. The van der Waals surface area contributed by atoms with Crippen molar-refractivity contribution in [1.82, 2.24) is 4.90 Å². The van der Waals surface area contributed by atoms with Gasteiger partial charge >= 0.3 is 5.97 Å². The van der Waals surface area contributed by atoms with Crippen molar-refractivity contribution in [2.45, 2.75) is 50.9 Å². The third-order valence-electron chi connectivity index (χ3n) is 7.58. The molecule has 2 amide bonds. The average Bonchev–Trinajstić information content (AvgIpc) is 3.19. The van der Waals surface area contributed by atoms with E-state index >= 15 is 0 Å². The van der Waals surface area contributed by atoms with Gasteiger partial charge in [0.05, 0.1) is 18.6 Å². The Balaban J connectivity index is 1.61. The van der Waals surface area contributed by atoms with E-state index in [-0.39, 0.29) is 25.0 Å². The summed E-state index contributed by atoms with van der Waals surface area (Å²) < 4.78 is 12.0. The highest BCUT2D eigenvalue weighted by molar-refractivity contribution is 6.05. The molecule has 1 aromatic carbocycles. The lowest BCUT2D eigenvalue weighted by Crippen LogP contribution is -2.55. The Bertz CT molecular complexity index is 1100. The molecular weight excluding hydrogens is 448 g/mol. The summed E-state index contributed by atoms with van der Waals surface area (Å²) in [5.74, 6) is -2.61. The zero-order valence-corrected chi connectivity index (χ0v) is 20.2. The second-order valence-electron chi connectivity index (χ2n) is 9.83. The number of aryl methyl sites for hydroxylation is 2. The van der Waals surface area contributed by atoms with Crippen LogP contribution in [0.2, 0.25) is 0 Å². The van der Waals surface area contributed by atoms with Crippen LogP contribution in [-0.2, 0) is 23.9 Å². The number of aliphatic hydroxyl groups is 1. The monoisotopic (exact) mass is 480 g/mol. The lowest BCUT2D eigenvalue weighted by molar-refractivity contribution is -0.154. The summed E-state index contributed by atoms with van der Waals surface area (Å²) in [4.78, 5) is 44.5. The van der Waals surface area contributed by atoms with Crippen LogP contribution < -0.4 is 4.90 Å². The minimum atomic E-state index is -1.26. The molecule has 1 unspecified atom stereocenters. The van der Waals surface area contributed by atoms with E-state index in [2.05, 4.69) is 0 Å². The maximum Gasteiger partial charge on any atom is 0.312 e. The fourth-order valence-corrected chi connectivity index (χ4v) is 5.97. The second-order valence-corrected chi connectivity index (χ2v) is 9.83. The van der Waals surface area contributed by atoms with E-state index in [0.717, 1.165) is 16.8 Å². The molecule has 0 aliphatic carbocycles. The van der Waals surface area contributed by atoms with Crippen LogP contribution in [0.25, 0.3) is 0 Å². The van der Waals surface area contributed by atoms with Gasteiger partial charge in [-0.3, -0.25) is 14.4 Å². The second kappa shape index (κ2) is 9.24. The summed E-state index contributed by atoms with van der Waals surface area (Å²) in [6.45, 7) is 4.84. The van der Waals surface area contributed by atoms with Crippen LogP contribution in [0.4, 0.5) is 5.69 Å². The molecule has 5 rings (SSSR count). The van der Waals surface area contributed by atoms with E-state index in [9.17, 15) is 19.5 Å². The SMILES string of the molecule is Cc1ccc(C)c(N2CC=C[C@]34O[C@@H]5C=CCCOC(=O)[C@@H]5[C@H]3C(=O)N(CCCCO)C4C2=O)c1.